The molecule has 2 N–H and O–H groups in total. The van der Waals surface area contributed by atoms with Gasteiger partial charge in [-0.05, 0) is 101 Å². The van der Waals surface area contributed by atoms with Crippen molar-refractivity contribution < 1.29 is 4.79 Å². The van der Waals surface area contributed by atoms with Gasteiger partial charge in [0.1, 0.15) is 0 Å². The van der Waals surface area contributed by atoms with Crippen LogP contribution >= 0.6 is 0 Å². The van der Waals surface area contributed by atoms with Crippen LogP contribution in [0.4, 0.5) is 0 Å². The first-order valence-electron chi connectivity index (χ1n) is 12.6. The predicted molar refractivity (Wildman–Crippen MR) is 117 cm³/mol. The zero-order valence-corrected chi connectivity index (χ0v) is 18.6. The first-order valence-corrected chi connectivity index (χ1v) is 12.6. The molecule has 0 unspecified atom stereocenters. The molecule has 29 heavy (non-hydrogen) atoms. The standard InChI is InChI=1S/C24H42N4O/c1-3-6-27-7-4-21(5-8-27)28-15-20(14-22(28)24(29)25-2)26-23-18-10-16-9-17(12-18)13-19(23)11-16/h16-23,26H,3-15H2,1-2H3,(H,25,29)/t16?,17?,18?,19?,20-,22-,23?/m0/s1. The van der Waals surface area contributed by atoms with Gasteiger partial charge in [0.15, 0.2) is 0 Å². The molecule has 0 aromatic carbocycles. The van der Waals surface area contributed by atoms with Crippen molar-refractivity contribution in [1.29, 1.82) is 0 Å². The highest BCUT2D eigenvalue weighted by Gasteiger charge is 2.50. The van der Waals surface area contributed by atoms with E-state index in [4.69, 9.17) is 0 Å². The molecule has 1 amide bonds. The third-order valence-corrected chi connectivity index (χ3v) is 9.11. The third-order valence-electron chi connectivity index (χ3n) is 9.11. The maximum absolute atomic E-state index is 12.7. The Morgan fingerprint density at radius 1 is 0.966 bits per heavy atom. The maximum Gasteiger partial charge on any atom is 0.237 e. The van der Waals surface area contributed by atoms with Gasteiger partial charge < -0.3 is 15.5 Å². The van der Waals surface area contributed by atoms with Crippen LogP contribution in [-0.4, -0.2) is 73.1 Å². The molecule has 2 atom stereocenters. The number of nitrogens with one attached hydrogen (secondary N) is 2. The molecule has 164 valence electrons. The molecule has 0 spiro atoms. The summed E-state index contributed by atoms with van der Waals surface area (Å²) >= 11 is 0. The number of rotatable bonds is 6. The second-order valence-corrected chi connectivity index (χ2v) is 11.0. The van der Waals surface area contributed by atoms with E-state index in [9.17, 15) is 4.79 Å². The molecule has 0 aromatic rings. The molecule has 4 bridgehead atoms. The van der Waals surface area contributed by atoms with Crippen molar-refractivity contribution in [2.45, 2.75) is 88.9 Å². The molecular weight excluding hydrogens is 360 g/mol. The van der Waals surface area contributed by atoms with Gasteiger partial charge in [-0.3, -0.25) is 9.69 Å². The van der Waals surface area contributed by atoms with E-state index >= 15 is 0 Å². The Morgan fingerprint density at radius 2 is 1.62 bits per heavy atom. The Balaban J connectivity index is 1.22. The summed E-state index contributed by atoms with van der Waals surface area (Å²) < 4.78 is 0. The van der Waals surface area contributed by atoms with E-state index in [2.05, 4.69) is 27.4 Å². The van der Waals surface area contributed by atoms with Crippen molar-refractivity contribution in [2.75, 3.05) is 33.2 Å². The molecule has 6 aliphatic rings. The Hall–Kier alpha value is -0.650. The van der Waals surface area contributed by atoms with E-state index in [0.717, 1.165) is 42.7 Å². The molecule has 5 nitrogen and oxygen atoms in total. The number of hydrogen-bond donors (Lipinski definition) is 2. The van der Waals surface area contributed by atoms with E-state index in [0.29, 0.717) is 12.1 Å². The van der Waals surface area contributed by atoms with Gasteiger partial charge in [0.05, 0.1) is 6.04 Å². The van der Waals surface area contributed by atoms with Gasteiger partial charge in [0, 0.05) is 31.7 Å². The summed E-state index contributed by atoms with van der Waals surface area (Å²) in [5.74, 6) is 4.12. The molecule has 0 radical (unpaired) electrons. The summed E-state index contributed by atoms with van der Waals surface area (Å²) in [6.45, 7) is 6.96. The lowest BCUT2D eigenvalue weighted by molar-refractivity contribution is -0.126. The van der Waals surface area contributed by atoms with E-state index in [1.54, 1.807) is 0 Å². The first kappa shape index (κ1) is 20.3. The minimum Gasteiger partial charge on any atom is -0.358 e. The average molecular weight is 403 g/mol. The summed E-state index contributed by atoms with van der Waals surface area (Å²) in [5, 5.41) is 7.10. The van der Waals surface area contributed by atoms with Crippen molar-refractivity contribution in [3.63, 3.8) is 0 Å². The normalized spacial score (nSPS) is 43.2. The summed E-state index contributed by atoms with van der Waals surface area (Å²) in [4.78, 5) is 17.9. The Bertz CT molecular complexity index is 559. The lowest BCUT2D eigenvalue weighted by Gasteiger charge is -2.55. The zero-order valence-electron chi connectivity index (χ0n) is 18.6. The number of likely N-dealkylation sites (N-methyl/N-ethyl adjacent to an activating group) is 1. The predicted octanol–water partition coefficient (Wildman–Crippen LogP) is 2.46. The fourth-order valence-corrected chi connectivity index (χ4v) is 8.07. The van der Waals surface area contributed by atoms with Gasteiger partial charge in [0.2, 0.25) is 5.91 Å². The van der Waals surface area contributed by atoms with Crippen LogP contribution in [0.1, 0.15) is 64.7 Å². The van der Waals surface area contributed by atoms with Crippen LogP contribution in [-0.2, 0) is 4.79 Å². The minimum absolute atomic E-state index is 0.0667. The Morgan fingerprint density at radius 3 is 2.21 bits per heavy atom. The van der Waals surface area contributed by atoms with Crippen LogP contribution in [0.5, 0.6) is 0 Å². The second kappa shape index (κ2) is 8.47. The van der Waals surface area contributed by atoms with Gasteiger partial charge in [-0.15, -0.1) is 0 Å². The van der Waals surface area contributed by atoms with Crippen molar-refractivity contribution in [3.8, 4) is 0 Å². The smallest absolute Gasteiger partial charge is 0.237 e. The Kier molecular flexibility index (Phi) is 5.92. The number of amides is 1. The SMILES string of the molecule is CCCN1CCC(N2C[C@@H](NC3C4CC5CC(C4)CC3C5)C[C@H]2C(=O)NC)CC1. The monoisotopic (exact) mass is 402 g/mol. The highest BCUT2D eigenvalue weighted by Crippen LogP contribution is 2.54. The summed E-state index contributed by atoms with van der Waals surface area (Å²) in [6.07, 6.45) is 12.1. The zero-order chi connectivity index (χ0) is 20.0. The highest BCUT2D eigenvalue weighted by atomic mass is 16.2. The molecule has 2 aliphatic heterocycles. The number of nitrogens with zero attached hydrogens (tertiary/aromatic N) is 2. The number of likely N-dealkylation sites (tertiary alicyclic amines) is 2. The summed E-state index contributed by atoms with van der Waals surface area (Å²) in [7, 11) is 1.81. The number of piperidine rings is 1. The van der Waals surface area contributed by atoms with Crippen LogP contribution in [0.2, 0.25) is 0 Å². The van der Waals surface area contributed by atoms with E-state index < -0.39 is 0 Å². The first-order chi connectivity index (χ1) is 14.1. The van der Waals surface area contributed by atoms with Gasteiger partial charge in [-0.2, -0.15) is 0 Å². The Labute approximate surface area is 177 Å². The van der Waals surface area contributed by atoms with Crippen molar-refractivity contribution in [1.82, 2.24) is 20.4 Å². The number of hydrogen-bond acceptors (Lipinski definition) is 4. The van der Waals surface area contributed by atoms with Crippen LogP contribution in [0.15, 0.2) is 0 Å². The van der Waals surface area contributed by atoms with Gasteiger partial charge in [-0.25, -0.2) is 0 Å². The summed E-state index contributed by atoms with van der Waals surface area (Å²) in [6, 6.07) is 1.87. The number of carbonyl (C=O) groups is 1. The molecule has 6 rings (SSSR count). The van der Waals surface area contributed by atoms with Gasteiger partial charge in [-0.1, -0.05) is 6.92 Å². The second-order valence-electron chi connectivity index (χ2n) is 11.0. The summed E-state index contributed by atoms with van der Waals surface area (Å²) in [5.41, 5.74) is 0. The number of carbonyl (C=O) groups excluding carboxylic acids is 1. The molecular formula is C24H42N4O. The van der Waals surface area contributed by atoms with E-state index in [1.165, 1.54) is 71.0 Å². The lowest BCUT2D eigenvalue weighted by atomic mass is 9.54. The van der Waals surface area contributed by atoms with Crippen LogP contribution in [0.3, 0.4) is 0 Å². The third kappa shape index (κ3) is 3.99. The van der Waals surface area contributed by atoms with Crippen molar-refractivity contribution in [3.05, 3.63) is 0 Å². The largest absolute Gasteiger partial charge is 0.358 e. The molecule has 2 saturated heterocycles. The highest BCUT2D eigenvalue weighted by molar-refractivity contribution is 5.82. The minimum atomic E-state index is 0.0667. The molecule has 4 saturated carbocycles. The quantitative estimate of drug-likeness (QED) is 0.717. The molecule has 4 aliphatic carbocycles. The molecule has 0 aromatic heterocycles. The molecule has 2 heterocycles. The van der Waals surface area contributed by atoms with Gasteiger partial charge in [0.25, 0.3) is 0 Å². The van der Waals surface area contributed by atoms with Crippen molar-refractivity contribution in [2.24, 2.45) is 23.7 Å². The van der Waals surface area contributed by atoms with Crippen LogP contribution < -0.4 is 10.6 Å². The van der Waals surface area contributed by atoms with Crippen LogP contribution in [0.25, 0.3) is 0 Å². The van der Waals surface area contributed by atoms with Crippen molar-refractivity contribution >= 4 is 5.91 Å². The average Bonchev–Trinajstić information content (AvgIpc) is 3.14. The maximum atomic E-state index is 12.7. The van der Waals surface area contributed by atoms with E-state index in [-0.39, 0.29) is 11.9 Å². The fourth-order valence-electron chi connectivity index (χ4n) is 8.07. The lowest BCUT2D eigenvalue weighted by Crippen LogP contribution is -2.57. The fraction of sp³-hybridized carbons (Fsp3) is 0.958. The topological polar surface area (TPSA) is 47.6 Å². The molecule has 5 heteroatoms. The van der Waals surface area contributed by atoms with Crippen LogP contribution in [0, 0.1) is 23.7 Å². The van der Waals surface area contributed by atoms with Gasteiger partial charge >= 0.3 is 0 Å². The van der Waals surface area contributed by atoms with E-state index in [1.807, 2.05) is 7.05 Å². The molecule has 6 fully saturated rings.